The van der Waals surface area contributed by atoms with Crippen molar-refractivity contribution in [1.82, 2.24) is 9.55 Å². The summed E-state index contributed by atoms with van der Waals surface area (Å²) in [6.45, 7) is 0.472. The summed E-state index contributed by atoms with van der Waals surface area (Å²) in [5.74, 6) is 2.29. The smallest absolute Gasteiger partial charge is 0.132 e. The number of aromatic nitrogens is 2. The first-order valence-electron chi connectivity index (χ1n) is 9.30. The van der Waals surface area contributed by atoms with Crippen molar-refractivity contribution in [3.8, 4) is 34.2 Å². The predicted octanol–water partition coefficient (Wildman–Crippen LogP) is 5.14. The van der Waals surface area contributed by atoms with Crippen molar-refractivity contribution in [2.75, 3.05) is 14.2 Å². The Bertz CT molecular complexity index is 1070. The van der Waals surface area contributed by atoms with E-state index in [4.69, 9.17) is 14.2 Å². The normalized spacial score (nSPS) is 10.6. The Labute approximate surface area is 170 Å². The van der Waals surface area contributed by atoms with Gasteiger partial charge in [-0.05, 0) is 42.0 Å². The van der Waals surface area contributed by atoms with Crippen LogP contribution in [0.2, 0.25) is 0 Å². The molecule has 0 fully saturated rings. The number of benzene rings is 3. The van der Waals surface area contributed by atoms with Gasteiger partial charge < -0.3 is 18.8 Å². The molecule has 0 aliphatic heterocycles. The third kappa shape index (κ3) is 4.24. The first kappa shape index (κ1) is 18.6. The van der Waals surface area contributed by atoms with E-state index in [2.05, 4.69) is 4.98 Å². The average Bonchev–Trinajstić information content (AvgIpc) is 3.28. The molecule has 0 bridgehead atoms. The summed E-state index contributed by atoms with van der Waals surface area (Å²) in [5.41, 5.74) is 3.84. The highest BCUT2D eigenvalue weighted by atomic mass is 16.5. The minimum absolute atomic E-state index is 0.472. The third-order valence-electron chi connectivity index (χ3n) is 4.66. The van der Waals surface area contributed by atoms with Crippen molar-refractivity contribution >= 4 is 0 Å². The van der Waals surface area contributed by atoms with Crippen LogP contribution in [0.5, 0.6) is 17.2 Å². The Kier molecular flexibility index (Phi) is 5.47. The van der Waals surface area contributed by atoms with E-state index in [-0.39, 0.29) is 0 Å². The maximum Gasteiger partial charge on any atom is 0.132 e. The van der Waals surface area contributed by atoms with Crippen LogP contribution in [-0.4, -0.2) is 23.8 Å². The highest BCUT2D eigenvalue weighted by molar-refractivity contribution is 5.68. The topological polar surface area (TPSA) is 45.5 Å². The minimum Gasteiger partial charge on any atom is -0.497 e. The Morgan fingerprint density at radius 3 is 2.28 bits per heavy atom. The standard InChI is InChI=1S/C24H22N2O3/c1-27-20-10-8-19(9-11-20)26-15-23(25-17-26)22-13-12-21(28-2)14-24(22)29-16-18-6-4-3-5-7-18/h3-15,17H,16H2,1-2H3. The third-order valence-corrected chi connectivity index (χ3v) is 4.66. The lowest BCUT2D eigenvalue weighted by atomic mass is 10.1. The van der Waals surface area contributed by atoms with E-state index in [1.807, 2.05) is 83.6 Å². The molecular weight excluding hydrogens is 364 g/mol. The summed E-state index contributed by atoms with van der Waals surface area (Å²) in [6, 6.07) is 23.7. The van der Waals surface area contributed by atoms with Crippen LogP contribution in [0.4, 0.5) is 0 Å². The molecular formula is C24H22N2O3. The molecule has 0 N–H and O–H groups in total. The van der Waals surface area contributed by atoms with Gasteiger partial charge in [-0.3, -0.25) is 0 Å². The molecule has 0 amide bonds. The van der Waals surface area contributed by atoms with E-state index in [1.54, 1.807) is 20.5 Å². The number of imidazole rings is 1. The van der Waals surface area contributed by atoms with Gasteiger partial charge in [-0.15, -0.1) is 0 Å². The van der Waals surface area contributed by atoms with E-state index in [9.17, 15) is 0 Å². The summed E-state index contributed by atoms with van der Waals surface area (Å²) in [4.78, 5) is 4.59. The second-order valence-corrected chi connectivity index (χ2v) is 6.50. The van der Waals surface area contributed by atoms with Gasteiger partial charge in [-0.2, -0.15) is 0 Å². The minimum atomic E-state index is 0.472. The van der Waals surface area contributed by atoms with Gasteiger partial charge in [0.05, 0.1) is 26.2 Å². The molecule has 0 aliphatic carbocycles. The Hall–Kier alpha value is -3.73. The summed E-state index contributed by atoms with van der Waals surface area (Å²) < 4.78 is 18.7. The molecule has 0 unspecified atom stereocenters. The van der Waals surface area contributed by atoms with Gasteiger partial charge in [0.2, 0.25) is 0 Å². The molecule has 0 saturated heterocycles. The molecule has 1 aromatic heterocycles. The second kappa shape index (κ2) is 8.52. The lowest BCUT2D eigenvalue weighted by Gasteiger charge is -2.12. The van der Waals surface area contributed by atoms with Crippen molar-refractivity contribution in [3.63, 3.8) is 0 Å². The van der Waals surface area contributed by atoms with Gasteiger partial charge in [0.1, 0.15) is 23.9 Å². The summed E-state index contributed by atoms with van der Waals surface area (Å²) in [5, 5.41) is 0. The van der Waals surface area contributed by atoms with Crippen molar-refractivity contribution in [3.05, 3.63) is 90.9 Å². The number of hydrogen-bond acceptors (Lipinski definition) is 4. The van der Waals surface area contributed by atoms with E-state index in [0.717, 1.165) is 39.8 Å². The van der Waals surface area contributed by atoms with Crippen LogP contribution >= 0.6 is 0 Å². The number of hydrogen-bond donors (Lipinski definition) is 0. The second-order valence-electron chi connectivity index (χ2n) is 6.50. The molecule has 0 atom stereocenters. The fourth-order valence-corrected chi connectivity index (χ4v) is 3.05. The fourth-order valence-electron chi connectivity index (χ4n) is 3.05. The van der Waals surface area contributed by atoms with Crippen LogP contribution in [0.1, 0.15) is 5.56 Å². The molecule has 3 aromatic carbocycles. The highest BCUT2D eigenvalue weighted by Crippen LogP contribution is 2.33. The number of ether oxygens (including phenoxy) is 3. The number of rotatable bonds is 7. The van der Waals surface area contributed by atoms with Crippen LogP contribution in [0, 0.1) is 0 Å². The molecule has 29 heavy (non-hydrogen) atoms. The molecule has 0 saturated carbocycles. The largest absolute Gasteiger partial charge is 0.497 e. The summed E-state index contributed by atoms with van der Waals surface area (Å²) >= 11 is 0. The van der Waals surface area contributed by atoms with Crippen LogP contribution in [0.25, 0.3) is 16.9 Å². The highest BCUT2D eigenvalue weighted by Gasteiger charge is 2.12. The van der Waals surface area contributed by atoms with Gasteiger partial charge in [-0.25, -0.2) is 4.98 Å². The lowest BCUT2D eigenvalue weighted by molar-refractivity contribution is 0.305. The van der Waals surface area contributed by atoms with Crippen LogP contribution < -0.4 is 14.2 Å². The van der Waals surface area contributed by atoms with Crippen LogP contribution in [-0.2, 0) is 6.61 Å². The van der Waals surface area contributed by atoms with E-state index in [1.165, 1.54) is 0 Å². The molecule has 4 rings (SSSR count). The Morgan fingerprint density at radius 2 is 1.55 bits per heavy atom. The van der Waals surface area contributed by atoms with Crippen molar-refractivity contribution in [2.24, 2.45) is 0 Å². The average molecular weight is 386 g/mol. The van der Waals surface area contributed by atoms with Crippen LogP contribution in [0.15, 0.2) is 85.3 Å². The maximum absolute atomic E-state index is 6.12. The first-order chi connectivity index (χ1) is 14.3. The van der Waals surface area contributed by atoms with Gasteiger partial charge in [0.15, 0.2) is 0 Å². The molecule has 5 heteroatoms. The number of nitrogens with zero attached hydrogens (tertiary/aromatic N) is 2. The molecule has 5 nitrogen and oxygen atoms in total. The zero-order valence-corrected chi connectivity index (χ0v) is 16.4. The van der Waals surface area contributed by atoms with Gasteiger partial charge >= 0.3 is 0 Å². The summed E-state index contributed by atoms with van der Waals surface area (Å²) in [7, 11) is 3.30. The van der Waals surface area contributed by atoms with Crippen molar-refractivity contribution in [1.29, 1.82) is 0 Å². The van der Waals surface area contributed by atoms with Gasteiger partial charge in [0.25, 0.3) is 0 Å². The molecule has 4 aromatic rings. The zero-order chi connectivity index (χ0) is 20.1. The monoisotopic (exact) mass is 386 g/mol. The SMILES string of the molecule is COc1ccc(-n2cnc(-c3ccc(OC)cc3OCc3ccccc3)c2)cc1. The van der Waals surface area contributed by atoms with Gasteiger partial charge in [0, 0.05) is 23.5 Å². The molecule has 0 aliphatic rings. The van der Waals surface area contributed by atoms with Crippen molar-refractivity contribution in [2.45, 2.75) is 6.61 Å². The number of methoxy groups -OCH3 is 2. The Morgan fingerprint density at radius 1 is 0.828 bits per heavy atom. The predicted molar refractivity (Wildman–Crippen MR) is 113 cm³/mol. The van der Waals surface area contributed by atoms with E-state index < -0.39 is 0 Å². The van der Waals surface area contributed by atoms with Crippen molar-refractivity contribution < 1.29 is 14.2 Å². The van der Waals surface area contributed by atoms with Crippen LogP contribution in [0.3, 0.4) is 0 Å². The quantitative estimate of drug-likeness (QED) is 0.441. The molecule has 146 valence electrons. The molecule has 0 spiro atoms. The first-order valence-corrected chi connectivity index (χ1v) is 9.30. The Balaban J connectivity index is 1.62. The zero-order valence-electron chi connectivity index (χ0n) is 16.4. The van der Waals surface area contributed by atoms with E-state index in [0.29, 0.717) is 6.61 Å². The maximum atomic E-state index is 6.12. The van der Waals surface area contributed by atoms with Gasteiger partial charge in [-0.1, -0.05) is 30.3 Å². The molecule has 0 radical (unpaired) electrons. The fraction of sp³-hybridized carbons (Fsp3) is 0.125. The summed E-state index contributed by atoms with van der Waals surface area (Å²) in [6.07, 6.45) is 3.78. The van der Waals surface area contributed by atoms with E-state index >= 15 is 0 Å². The molecule has 1 heterocycles. The lowest BCUT2D eigenvalue weighted by Crippen LogP contribution is -1.98.